The molecule has 1 unspecified atom stereocenters. The number of fused-ring (bicyclic) bond motifs is 1. The molecule has 0 aromatic heterocycles. The van der Waals surface area contributed by atoms with Gasteiger partial charge in [-0.05, 0) is 49.6 Å². The zero-order valence-corrected chi connectivity index (χ0v) is 16.0. The van der Waals surface area contributed by atoms with Crippen LogP contribution in [0.4, 0.5) is 5.69 Å². The van der Waals surface area contributed by atoms with Gasteiger partial charge >= 0.3 is 0 Å². The fourth-order valence-electron chi connectivity index (χ4n) is 3.33. The Morgan fingerprint density at radius 2 is 1.96 bits per heavy atom. The largest absolute Gasteiger partial charge is 0.489 e. The van der Waals surface area contributed by atoms with Gasteiger partial charge in [0.25, 0.3) is 5.91 Å². The number of para-hydroxylation sites is 2. The number of carbonyl (C=O) groups excluding carboxylic acids is 2. The lowest BCUT2D eigenvalue weighted by Gasteiger charge is -2.36. The van der Waals surface area contributed by atoms with Crippen molar-refractivity contribution in [3.8, 4) is 5.75 Å². The summed E-state index contributed by atoms with van der Waals surface area (Å²) in [6, 6.07) is 15.6. The molecule has 1 atom stereocenters. The maximum atomic E-state index is 12.5. The molecule has 2 aliphatic rings. The zero-order chi connectivity index (χ0) is 19.5. The van der Waals surface area contributed by atoms with Crippen LogP contribution < -0.4 is 20.3 Å². The van der Waals surface area contributed by atoms with E-state index in [0.717, 1.165) is 29.8 Å². The van der Waals surface area contributed by atoms with Crippen LogP contribution in [-0.4, -0.2) is 37.0 Å². The molecular weight excluding hydrogens is 354 g/mol. The SMILES string of the molecule is CC1COc2ccccc2N1CC(=O)NCc1cccc(C(=O)NC2CC2)c1. The molecule has 0 saturated heterocycles. The smallest absolute Gasteiger partial charge is 0.251 e. The molecule has 4 rings (SSSR count). The van der Waals surface area contributed by atoms with Crippen LogP contribution in [-0.2, 0) is 11.3 Å². The molecule has 0 bridgehead atoms. The number of benzene rings is 2. The number of nitrogens with zero attached hydrogens (tertiary/aromatic N) is 1. The number of carbonyl (C=O) groups is 2. The molecule has 2 amide bonds. The first-order valence-electron chi connectivity index (χ1n) is 9.75. The molecule has 6 nitrogen and oxygen atoms in total. The Hall–Kier alpha value is -3.02. The normalized spacial score (nSPS) is 18.0. The van der Waals surface area contributed by atoms with Crippen molar-refractivity contribution in [3.05, 3.63) is 59.7 Å². The molecule has 1 aliphatic heterocycles. The van der Waals surface area contributed by atoms with Crippen LogP contribution >= 0.6 is 0 Å². The summed E-state index contributed by atoms with van der Waals surface area (Å²) in [5, 5.41) is 5.95. The second-order valence-corrected chi connectivity index (χ2v) is 7.48. The van der Waals surface area contributed by atoms with Crippen LogP contribution in [0, 0.1) is 0 Å². The first-order valence-corrected chi connectivity index (χ1v) is 9.75. The summed E-state index contributed by atoms with van der Waals surface area (Å²) in [6.45, 7) is 3.26. The predicted octanol–water partition coefficient (Wildman–Crippen LogP) is 2.48. The third-order valence-corrected chi connectivity index (χ3v) is 5.09. The molecule has 6 heteroatoms. The molecule has 1 fully saturated rings. The highest BCUT2D eigenvalue weighted by Crippen LogP contribution is 2.33. The summed E-state index contributed by atoms with van der Waals surface area (Å²) >= 11 is 0. The third kappa shape index (κ3) is 4.27. The standard InChI is InChI=1S/C22H25N3O3/c1-15-14-28-20-8-3-2-7-19(20)25(15)13-21(26)23-12-16-5-4-6-17(11-16)22(27)24-18-9-10-18/h2-8,11,15,18H,9-10,12-14H2,1H3,(H,23,26)(H,24,27). The molecule has 1 heterocycles. The van der Waals surface area contributed by atoms with E-state index in [2.05, 4.69) is 15.5 Å². The summed E-state index contributed by atoms with van der Waals surface area (Å²) in [7, 11) is 0. The quantitative estimate of drug-likeness (QED) is 0.809. The minimum atomic E-state index is -0.0589. The molecule has 2 N–H and O–H groups in total. The number of anilines is 1. The average molecular weight is 379 g/mol. The van der Waals surface area contributed by atoms with E-state index in [0.29, 0.717) is 24.8 Å². The minimum Gasteiger partial charge on any atom is -0.489 e. The van der Waals surface area contributed by atoms with Gasteiger partial charge in [0, 0.05) is 18.2 Å². The molecule has 1 saturated carbocycles. The van der Waals surface area contributed by atoms with Gasteiger partial charge in [0.2, 0.25) is 5.91 Å². The fraction of sp³-hybridized carbons (Fsp3) is 0.364. The highest BCUT2D eigenvalue weighted by atomic mass is 16.5. The number of amides is 2. The van der Waals surface area contributed by atoms with Gasteiger partial charge in [0.05, 0.1) is 18.3 Å². The molecule has 28 heavy (non-hydrogen) atoms. The number of rotatable bonds is 6. The lowest BCUT2D eigenvalue weighted by atomic mass is 10.1. The molecule has 1 aliphatic carbocycles. The van der Waals surface area contributed by atoms with Crippen molar-refractivity contribution < 1.29 is 14.3 Å². The van der Waals surface area contributed by atoms with Gasteiger partial charge in [0.1, 0.15) is 12.4 Å². The van der Waals surface area contributed by atoms with Crippen molar-refractivity contribution in [1.29, 1.82) is 0 Å². The Balaban J connectivity index is 1.35. The highest BCUT2D eigenvalue weighted by molar-refractivity contribution is 5.94. The van der Waals surface area contributed by atoms with Crippen LogP contribution in [0.3, 0.4) is 0 Å². The topological polar surface area (TPSA) is 70.7 Å². The Labute approximate surface area is 164 Å². The number of nitrogens with one attached hydrogen (secondary N) is 2. The lowest BCUT2D eigenvalue weighted by molar-refractivity contribution is -0.120. The van der Waals surface area contributed by atoms with E-state index in [9.17, 15) is 9.59 Å². The van der Waals surface area contributed by atoms with E-state index >= 15 is 0 Å². The van der Waals surface area contributed by atoms with E-state index in [4.69, 9.17) is 4.74 Å². The summed E-state index contributed by atoms with van der Waals surface area (Å²) in [4.78, 5) is 26.8. The summed E-state index contributed by atoms with van der Waals surface area (Å²) in [6.07, 6.45) is 2.12. The van der Waals surface area contributed by atoms with Crippen LogP contribution in [0.1, 0.15) is 35.7 Å². The molecule has 2 aromatic carbocycles. The second kappa shape index (κ2) is 7.92. The second-order valence-electron chi connectivity index (χ2n) is 7.48. The van der Waals surface area contributed by atoms with Gasteiger partial charge in [0.15, 0.2) is 0 Å². The number of hydrogen-bond donors (Lipinski definition) is 2. The van der Waals surface area contributed by atoms with Crippen molar-refractivity contribution >= 4 is 17.5 Å². The lowest BCUT2D eigenvalue weighted by Crippen LogP contribution is -2.46. The summed E-state index contributed by atoms with van der Waals surface area (Å²) in [5.41, 5.74) is 2.48. The van der Waals surface area contributed by atoms with Gasteiger partial charge in [-0.2, -0.15) is 0 Å². The molecular formula is C22H25N3O3. The van der Waals surface area contributed by atoms with E-state index in [1.165, 1.54) is 0 Å². The predicted molar refractivity (Wildman–Crippen MR) is 108 cm³/mol. The van der Waals surface area contributed by atoms with Gasteiger partial charge in [-0.1, -0.05) is 24.3 Å². The van der Waals surface area contributed by atoms with Crippen molar-refractivity contribution in [1.82, 2.24) is 10.6 Å². The highest BCUT2D eigenvalue weighted by Gasteiger charge is 2.26. The maximum absolute atomic E-state index is 12.5. The van der Waals surface area contributed by atoms with Crippen LogP contribution in [0.5, 0.6) is 5.75 Å². The fourth-order valence-corrected chi connectivity index (χ4v) is 3.33. The molecule has 0 radical (unpaired) electrons. The summed E-state index contributed by atoms with van der Waals surface area (Å²) in [5.74, 6) is 0.702. The molecule has 0 spiro atoms. The van der Waals surface area contributed by atoms with Crippen LogP contribution in [0.15, 0.2) is 48.5 Å². The Morgan fingerprint density at radius 3 is 2.79 bits per heavy atom. The average Bonchev–Trinajstić information content (AvgIpc) is 3.53. The number of hydrogen-bond acceptors (Lipinski definition) is 4. The van der Waals surface area contributed by atoms with Crippen molar-refractivity contribution in [2.75, 3.05) is 18.1 Å². The van der Waals surface area contributed by atoms with Crippen molar-refractivity contribution in [2.45, 2.75) is 38.4 Å². The Bertz CT molecular complexity index is 879. The molecule has 2 aromatic rings. The van der Waals surface area contributed by atoms with Crippen LogP contribution in [0.25, 0.3) is 0 Å². The van der Waals surface area contributed by atoms with E-state index < -0.39 is 0 Å². The monoisotopic (exact) mass is 379 g/mol. The maximum Gasteiger partial charge on any atom is 0.251 e. The summed E-state index contributed by atoms with van der Waals surface area (Å²) < 4.78 is 5.73. The molecule has 146 valence electrons. The van der Waals surface area contributed by atoms with Gasteiger partial charge in [-0.25, -0.2) is 0 Å². The number of ether oxygens (including phenoxy) is 1. The van der Waals surface area contributed by atoms with E-state index in [1.54, 1.807) is 6.07 Å². The van der Waals surface area contributed by atoms with E-state index in [-0.39, 0.29) is 24.4 Å². The van der Waals surface area contributed by atoms with Crippen LogP contribution in [0.2, 0.25) is 0 Å². The van der Waals surface area contributed by atoms with Gasteiger partial charge < -0.3 is 20.3 Å². The zero-order valence-electron chi connectivity index (χ0n) is 16.0. The first kappa shape index (κ1) is 18.3. The third-order valence-electron chi connectivity index (χ3n) is 5.09. The van der Waals surface area contributed by atoms with E-state index in [1.807, 2.05) is 49.4 Å². The first-order chi connectivity index (χ1) is 13.6. The minimum absolute atomic E-state index is 0.0468. The van der Waals surface area contributed by atoms with Crippen molar-refractivity contribution in [2.24, 2.45) is 0 Å². The van der Waals surface area contributed by atoms with Gasteiger partial charge in [-0.3, -0.25) is 9.59 Å². The van der Waals surface area contributed by atoms with Crippen molar-refractivity contribution in [3.63, 3.8) is 0 Å². The Kier molecular flexibility index (Phi) is 5.19. The Morgan fingerprint density at radius 1 is 1.14 bits per heavy atom. The van der Waals surface area contributed by atoms with Gasteiger partial charge in [-0.15, -0.1) is 0 Å².